The number of aryl methyl sites for hydroxylation is 1. The predicted octanol–water partition coefficient (Wildman–Crippen LogP) is 6.17. The van der Waals surface area contributed by atoms with Gasteiger partial charge in [-0.05, 0) is 61.0 Å². The molecule has 0 unspecified atom stereocenters. The minimum absolute atomic E-state index is 0.172. The summed E-state index contributed by atoms with van der Waals surface area (Å²) in [7, 11) is 0. The zero-order valence-electron chi connectivity index (χ0n) is 24.8. The molecular weight excluding hydrogens is 585 g/mol. The molecule has 5 rings (SSSR count). The molecule has 3 aromatic heterocycles. The molecule has 3 heterocycles. The second-order valence-corrected chi connectivity index (χ2v) is 11.2. The summed E-state index contributed by atoms with van der Waals surface area (Å²) in [5.74, 6) is -1.12. The van der Waals surface area contributed by atoms with Crippen LogP contribution in [0.25, 0.3) is 16.9 Å². The van der Waals surface area contributed by atoms with Gasteiger partial charge in [-0.1, -0.05) is 39.0 Å². The van der Waals surface area contributed by atoms with Crippen molar-refractivity contribution < 1.29 is 22.8 Å². The molecule has 0 fully saturated rings. The molecule has 0 aliphatic carbocycles. The third-order valence-corrected chi connectivity index (χ3v) is 6.80. The molecule has 230 valence electrons. The molecule has 10 nitrogen and oxygen atoms in total. The van der Waals surface area contributed by atoms with Crippen molar-refractivity contribution in [2.75, 3.05) is 5.32 Å². The number of rotatable bonds is 6. The Balaban J connectivity index is 1.33. The average Bonchev–Trinajstić information content (AvgIpc) is 3.48. The number of para-hydroxylation sites is 1. The predicted molar refractivity (Wildman–Crippen MR) is 162 cm³/mol. The number of aromatic nitrogens is 5. The zero-order valence-corrected chi connectivity index (χ0v) is 24.8. The number of benzene rings is 2. The van der Waals surface area contributed by atoms with Gasteiger partial charge in [-0.2, -0.15) is 18.3 Å². The van der Waals surface area contributed by atoms with E-state index in [1.807, 2.05) is 13.0 Å². The van der Waals surface area contributed by atoms with E-state index in [1.165, 1.54) is 24.3 Å². The molecule has 0 aliphatic heterocycles. The molecule has 2 amide bonds. The van der Waals surface area contributed by atoms with Crippen LogP contribution < -0.4 is 16.2 Å². The van der Waals surface area contributed by atoms with Crippen LogP contribution in [0.15, 0.2) is 85.3 Å². The number of alkyl halides is 3. The number of hydrogen-bond acceptors (Lipinski definition) is 7. The molecule has 3 N–H and O–H groups in total. The van der Waals surface area contributed by atoms with E-state index < -0.39 is 29.0 Å². The Bertz CT molecular complexity index is 1860. The highest BCUT2D eigenvalue weighted by Crippen LogP contribution is 2.36. The molecule has 45 heavy (non-hydrogen) atoms. The van der Waals surface area contributed by atoms with Gasteiger partial charge in [0.25, 0.3) is 11.8 Å². The standard InChI is InChI=1S/C32H29F3N8O2/c1-19-11-12-20(16-24(19)39-30-37-15-13-23(38-30)21-8-7-14-36-18-21)28(44)40-41-29(45)25-17-27(31(2,3)4)43(42-25)26-10-6-5-9-22(26)32(33,34)35/h5-18H,1-4H3,(H,40,44)(H,41,45)(H,37,38,39). The second-order valence-electron chi connectivity index (χ2n) is 11.2. The maximum Gasteiger partial charge on any atom is 0.418 e. The highest BCUT2D eigenvalue weighted by atomic mass is 19.4. The molecule has 0 saturated carbocycles. The van der Waals surface area contributed by atoms with E-state index in [9.17, 15) is 22.8 Å². The molecule has 0 saturated heterocycles. The largest absolute Gasteiger partial charge is 0.418 e. The fourth-order valence-electron chi connectivity index (χ4n) is 4.47. The monoisotopic (exact) mass is 614 g/mol. The number of carbonyl (C=O) groups excluding carboxylic acids is 2. The number of nitrogens with one attached hydrogen (secondary N) is 3. The van der Waals surface area contributed by atoms with Crippen LogP contribution in [-0.4, -0.2) is 36.5 Å². The van der Waals surface area contributed by atoms with Gasteiger partial charge in [-0.25, -0.2) is 14.6 Å². The van der Waals surface area contributed by atoms with Gasteiger partial charge in [-0.3, -0.25) is 25.4 Å². The minimum Gasteiger partial charge on any atom is -0.324 e. The lowest BCUT2D eigenvalue weighted by molar-refractivity contribution is -0.137. The second kappa shape index (κ2) is 12.2. The highest BCUT2D eigenvalue weighted by molar-refractivity contribution is 5.99. The maximum absolute atomic E-state index is 13.8. The van der Waals surface area contributed by atoms with Crippen molar-refractivity contribution in [1.82, 2.24) is 35.6 Å². The van der Waals surface area contributed by atoms with E-state index in [-0.39, 0.29) is 16.9 Å². The number of amides is 2. The van der Waals surface area contributed by atoms with Gasteiger partial charge in [-0.15, -0.1) is 0 Å². The number of carbonyl (C=O) groups is 2. The van der Waals surface area contributed by atoms with Gasteiger partial charge >= 0.3 is 6.18 Å². The van der Waals surface area contributed by atoms with Gasteiger partial charge in [0.15, 0.2) is 5.69 Å². The van der Waals surface area contributed by atoms with Crippen molar-refractivity contribution in [3.05, 3.63) is 113 Å². The van der Waals surface area contributed by atoms with E-state index in [4.69, 9.17) is 0 Å². The lowest BCUT2D eigenvalue weighted by Crippen LogP contribution is -2.41. The first kappa shape index (κ1) is 30.9. The van der Waals surface area contributed by atoms with Gasteiger partial charge in [0.2, 0.25) is 5.95 Å². The smallest absolute Gasteiger partial charge is 0.324 e. The molecule has 2 aromatic carbocycles. The summed E-state index contributed by atoms with van der Waals surface area (Å²) in [6.07, 6.45) is 0.323. The Labute approximate surface area is 256 Å². The number of pyridine rings is 1. The summed E-state index contributed by atoms with van der Waals surface area (Å²) in [6.45, 7) is 7.23. The minimum atomic E-state index is -4.63. The van der Waals surface area contributed by atoms with Crippen LogP contribution in [0.1, 0.15) is 58.4 Å². The summed E-state index contributed by atoms with van der Waals surface area (Å²) in [5, 5.41) is 7.32. The van der Waals surface area contributed by atoms with E-state index in [0.717, 1.165) is 21.9 Å². The number of halogens is 3. The van der Waals surface area contributed by atoms with Crippen molar-refractivity contribution in [1.29, 1.82) is 0 Å². The fraction of sp³-hybridized carbons (Fsp3) is 0.188. The third-order valence-electron chi connectivity index (χ3n) is 6.80. The first-order valence-electron chi connectivity index (χ1n) is 13.8. The number of hydrazine groups is 1. The Hall–Kier alpha value is -5.59. The summed E-state index contributed by atoms with van der Waals surface area (Å²) in [6, 6.07) is 16.7. The molecule has 0 spiro atoms. The molecule has 0 atom stereocenters. The molecular formula is C32H29F3N8O2. The third kappa shape index (κ3) is 6.98. The Kier molecular flexibility index (Phi) is 8.36. The number of hydrogen-bond donors (Lipinski definition) is 3. The molecule has 0 bridgehead atoms. The first-order valence-corrected chi connectivity index (χ1v) is 13.8. The van der Waals surface area contributed by atoms with Gasteiger partial charge in [0.05, 0.1) is 22.6 Å². The quantitative estimate of drug-likeness (QED) is 0.195. The number of anilines is 2. The van der Waals surface area contributed by atoms with Crippen LogP contribution in [-0.2, 0) is 11.6 Å². The Morgan fingerprint density at radius 2 is 1.62 bits per heavy atom. The Morgan fingerprint density at radius 3 is 2.33 bits per heavy atom. The lowest BCUT2D eigenvalue weighted by Gasteiger charge is -2.22. The van der Waals surface area contributed by atoms with Crippen molar-refractivity contribution in [3.8, 4) is 16.9 Å². The van der Waals surface area contributed by atoms with Crippen molar-refractivity contribution in [2.24, 2.45) is 0 Å². The van der Waals surface area contributed by atoms with E-state index >= 15 is 0 Å². The van der Waals surface area contributed by atoms with E-state index in [1.54, 1.807) is 69.7 Å². The normalized spacial score (nSPS) is 11.6. The lowest BCUT2D eigenvalue weighted by atomic mass is 9.91. The first-order chi connectivity index (χ1) is 21.3. The topological polar surface area (TPSA) is 127 Å². The van der Waals surface area contributed by atoms with Crippen LogP contribution >= 0.6 is 0 Å². The Morgan fingerprint density at radius 1 is 0.867 bits per heavy atom. The average molecular weight is 615 g/mol. The fourth-order valence-corrected chi connectivity index (χ4v) is 4.47. The SMILES string of the molecule is Cc1ccc(C(=O)NNC(=O)c2cc(C(C)(C)C)n(-c3ccccc3C(F)(F)F)n2)cc1Nc1nccc(-c2cccnc2)n1. The van der Waals surface area contributed by atoms with Crippen molar-refractivity contribution in [3.63, 3.8) is 0 Å². The number of nitrogens with zero attached hydrogens (tertiary/aromatic N) is 5. The molecule has 0 radical (unpaired) electrons. The zero-order chi connectivity index (χ0) is 32.4. The van der Waals surface area contributed by atoms with Gasteiger partial charge < -0.3 is 5.32 Å². The van der Waals surface area contributed by atoms with E-state index in [0.29, 0.717) is 23.0 Å². The summed E-state index contributed by atoms with van der Waals surface area (Å²) in [4.78, 5) is 38.9. The van der Waals surface area contributed by atoms with Crippen LogP contribution in [0, 0.1) is 6.92 Å². The van der Waals surface area contributed by atoms with Crippen molar-refractivity contribution >= 4 is 23.5 Å². The van der Waals surface area contributed by atoms with Gasteiger partial charge in [0, 0.05) is 40.8 Å². The molecule has 0 aliphatic rings. The summed E-state index contributed by atoms with van der Waals surface area (Å²) in [5.41, 5.74) is 6.15. The van der Waals surface area contributed by atoms with E-state index in [2.05, 4.69) is 36.2 Å². The highest BCUT2D eigenvalue weighted by Gasteiger charge is 2.35. The maximum atomic E-state index is 13.8. The molecule has 5 aromatic rings. The van der Waals surface area contributed by atoms with Crippen LogP contribution in [0.4, 0.5) is 24.8 Å². The van der Waals surface area contributed by atoms with Crippen molar-refractivity contribution in [2.45, 2.75) is 39.3 Å². The van der Waals surface area contributed by atoms with Crippen LogP contribution in [0.2, 0.25) is 0 Å². The van der Waals surface area contributed by atoms with Crippen LogP contribution in [0.5, 0.6) is 0 Å². The summed E-state index contributed by atoms with van der Waals surface area (Å²) >= 11 is 0. The molecule has 13 heteroatoms. The van der Waals surface area contributed by atoms with Gasteiger partial charge in [0.1, 0.15) is 0 Å². The van der Waals surface area contributed by atoms with Crippen LogP contribution in [0.3, 0.4) is 0 Å². The summed E-state index contributed by atoms with van der Waals surface area (Å²) < 4.78 is 42.5.